The second-order valence-electron chi connectivity index (χ2n) is 6.18. The van der Waals surface area contributed by atoms with Gasteiger partial charge < -0.3 is 5.11 Å². The van der Waals surface area contributed by atoms with Crippen LogP contribution >= 0.6 is 0 Å². The number of benzene rings is 1. The van der Waals surface area contributed by atoms with Crippen LogP contribution in [0.2, 0.25) is 0 Å². The van der Waals surface area contributed by atoms with Gasteiger partial charge in [0.15, 0.2) is 0 Å². The van der Waals surface area contributed by atoms with Crippen LogP contribution in [-0.4, -0.2) is 26.9 Å². The number of aliphatic carboxylic acids is 1. The van der Waals surface area contributed by atoms with Crippen molar-refractivity contribution in [1.29, 1.82) is 0 Å². The van der Waals surface area contributed by atoms with Crippen LogP contribution in [-0.2, 0) is 24.1 Å². The molecule has 0 radical (unpaired) electrons. The van der Waals surface area contributed by atoms with Gasteiger partial charge in [-0.15, -0.1) is 0 Å². The zero-order valence-electron chi connectivity index (χ0n) is 13.9. The molecule has 5 nitrogen and oxygen atoms in total. The minimum atomic E-state index is -4.35. The predicted molar refractivity (Wildman–Crippen MR) is 85.9 cm³/mol. The van der Waals surface area contributed by atoms with Gasteiger partial charge in [-0.3, -0.25) is 14.8 Å². The fraction of sp³-hybridized carbons (Fsp3) is 0.412. The molecule has 0 bridgehead atoms. The summed E-state index contributed by atoms with van der Waals surface area (Å²) in [7, 11) is 0. The monoisotopic (exact) mass is 355 g/mol. The summed E-state index contributed by atoms with van der Waals surface area (Å²) in [5.41, 5.74) is 0.815. The Morgan fingerprint density at radius 3 is 2.40 bits per heavy atom. The van der Waals surface area contributed by atoms with E-state index >= 15 is 0 Å². The lowest BCUT2D eigenvalue weighted by Gasteiger charge is -2.17. The maximum absolute atomic E-state index is 12.5. The van der Waals surface area contributed by atoms with E-state index < -0.39 is 23.8 Å². The van der Waals surface area contributed by atoms with Crippen molar-refractivity contribution in [3.63, 3.8) is 0 Å². The van der Waals surface area contributed by atoms with Crippen LogP contribution in [0.25, 0.3) is 0 Å². The van der Waals surface area contributed by atoms with E-state index in [-0.39, 0.29) is 5.92 Å². The number of carbonyl (C=O) groups is 1. The van der Waals surface area contributed by atoms with E-state index in [1.165, 1.54) is 12.1 Å². The Morgan fingerprint density at radius 2 is 1.88 bits per heavy atom. The summed E-state index contributed by atoms with van der Waals surface area (Å²) in [5.74, 6) is -0.966. The lowest BCUT2D eigenvalue weighted by Crippen LogP contribution is -2.40. The lowest BCUT2D eigenvalue weighted by atomic mass is 10.0. The zero-order valence-corrected chi connectivity index (χ0v) is 13.9. The molecule has 0 amide bonds. The molecule has 0 aliphatic heterocycles. The van der Waals surface area contributed by atoms with Gasteiger partial charge in [0.1, 0.15) is 6.04 Å². The van der Waals surface area contributed by atoms with Crippen molar-refractivity contribution in [3.05, 3.63) is 53.3 Å². The number of halogens is 3. The molecule has 1 heterocycles. The molecule has 0 saturated heterocycles. The van der Waals surface area contributed by atoms with E-state index in [9.17, 15) is 18.0 Å². The Balaban J connectivity index is 1.96. The Bertz CT molecular complexity index is 709. The van der Waals surface area contributed by atoms with E-state index in [1.807, 2.05) is 13.8 Å². The van der Waals surface area contributed by atoms with E-state index in [0.29, 0.717) is 18.7 Å². The number of hydrogen-bond acceptors (Lipinski definition) is 3. The van der Waals surface area contributed by atoms with E-state index in [1.54, 1.807) is 17.1 Å². The Kier molecular flexibility index (Phi) is 5.84. The standard InChI is InChI=1S/C17H20F3N3O2/c1-11(2)15(16(24)25)21-7-13-8-22-23(10-13)9-12-3-5-14(6-4-12)17(18,19)20/h3-6,8,10-11,15,21H,7,9H2,1-2H3,(H,24,25)/t15-/m1/s1. The fourth-order valence-electron chi connectivity index (χ4n) is 2.41. The van der Waals surface area contributed by atoms with Crippen LogP contribution in [0.1, 0.15) is 30.5 Å². The largest absolute Gasteiger partial charge is 0.480 e. The van der Waals surface area contributed by atoms with Gasteiger partial charge in [-0.25, -0.2) is 0 Å². The molecule has 2 rings (SSSR count). The van der Waals surface area contributed by atoms with Gasteiger partial charge in [0, 0.05) is 18.3 Å². The van der Waals surface area contributed by atoms with Crippen molar-refractivity contribution in [2.24, 2.45) is 5.92 Å². The maximum Gasteiger partial charge on any atom is 0.416 e. The third-order valence-corrected chi connectivity index (χ3v) is 3.77. The molecule has 0 aliphatic carbocycles. The van der Waals surface area contributed by atoms with Gasteiger partial charge in [-0.1, -0.05) is 26.0 Å². The quantitative estimate of drug-likeness (QED) is 0.801. The second kappa shape index (κ2) is 7.69. The average Bonchev–Trinajstić information content (AvgIpc) is 2.94. The van der Waals surface area contributed by atoms with Crippen LogP contribution in [0.3, 0.4) is 0 Å². The number of rotatable bonds is 7. The second-order valence-corrected chi connectivity index (χ2v) is 6.18. The van der Waals surface area contributed by atoms with Crippen molar-refractivity contribution in [1.82, 2.24) is 15.1 Å². The van der Waals surface area contributed by atoms with Gasteiger partial charge in [0.25, 0.3) is 0 Å². The van der Waals surface area contributed by atoms with Crippen LogP contribution < -0.4 is 5.32 Å². The number of aromatic nitrogens is 2. The smallest absolute Gasteiger partial charge is 0.416 e. The first-order valence-electron chi connectivity index (χ1n) is 7.80. The van der Waals surface area contributed by atoms with E-state index in [0.717, 1.165) is 17.7 Å². The Hall–Kier alpha value is -2.35. The molecular weight excluding hydrogens is 335 g/mol. The van der Waals surface area contributed by atoms with E-state index in [2.05, 4.69) is 10.4 Å². The molecule has 2 aromatic rings. The van der Waals surface area contributed by atoms with Crippen LogP contribution in [0, 0.1) is 5.92 Å². The first-order chi connectivity index (χ1) is 11.7. The van der Waals surface area contributed by atoms with E-state index in [4.69, 9.17) is 5.11 Å². The molecule has 1 atom stereocenters. The first kappa shape index (κ1) is 19.0. The highest BCUT2D eigenvalue weighted by atomic mass is 19.4. The number of alkyl halides is 3. The highest BCUT2D eigenvalue weighted by Gasteiger charge is 2.29. The van der Waals surface area contributed by atoms with Crippen molar-refractivity contribution in [3.8, 4) is 0 Å². The zero-order chi connectivity index (χ0) is 18.6. The third-order valence-electron chi connectivity index (χ3n) is 3.77. The minimum Gasteiger partial charge on any atom is -0.480 e. The molecule has 0 spiro atoms. The van der Waals surface area contributed by atoms with Gasteiger partial charge in [-0.2, -0.15) is 18.3 Å². The van der Waals surface area contributed by atoms with Gasteiger partial charge >= 0.3 is 12.1 Å². The molecule has 8 heteroatoms. The summed E-state index contributed by atoms with van der Waals surface area (Å²) in [5, 5.41) is 16.3. The van der Waals surface area contributed by atoms with Crippen LogP contribution in [0.15, 0.2) is 36.7 Å². The summed E-state index contributed by atoms with van der Waals surface area (Å²) in [6.07, 6.45) is -1.000. The number of carboxylic acids is 1. The van der Waals surface area contributed by atoms with Gasteiger partial charge in [0.2, 0.25) is 0 Å². The molecule has 1 aromatic carbocycles. The molecule has 1 aromatic heterocycles. The molecule has 2 N–H and O–H groups in total. The van der Waals surface area contributed by atoms with Gasteiger partial charge in [-0.05, 0) is 23.6 Å². The maximum atomic E-state index is 12.5. The lowest BCUT2D eigenvalue weighted by molar-refractivity contribution is -0.140. The summed E-state index contributed by atoms with van der Waals surface area (Å²) < 4.78 is 39.2. The SMILES string of the molecule is CC(C)[C@@H](NCc1cnn(Cc2ccc(C(F)(F)F)cc2)c1)C(=O)O. The molecule has 0 unspecified atom stereocenters. The van der Waals surface area contributed by atoms with Crippen molar-refractivity contribution >= 4 is 5.97 Å². The van der Waals surface area contributed by atoms with Crippen molar-refractivity contribution < 1.29 is 23.1 Å². The predicted octanol–water partition coefficient (Wildman–Crippen LogP) is 3.15. The average molecular weight is 355 g/mol. The first-order valence-corrected chi connectivity index (χ1v) is 7.80. The molecule has 136 valence electrons. The number of carboxylic acid groups (broad SMARTS) is 1. The topological polar surface area (TPSA) is 67.2 Å². The number of nitrogens with one attached hydrogen (secondary N) is 1. The Morgan fingerprint density at radius 1 is 1.24 bits per heavy atom. The third kappa shape index (κ3) is 5.32. The van der Waals surface area contributed by atoms with Crippen molar-refractivity contribution in [2.75, 3.05) is 0 Å². The van der Waals surface area contributed by atoms with Crippen LogP contribution in [0.4, 0.5) is 13.2 Å². The normalized spacial score (nSPS) is 13.2. The molecule has 0 saturated carbocycles. The molecule has 0 fully saturated rings. The summed E-state index contributed by atoms with van der Waals surface area (Å²) in [4.78, 5) is 11.1. The Labute approximate surface area is 143 Å². The molecule has 0 aliphatic rings. The molecular formula is C17H20F3N3O2. The highest BCUT2D eigenvalue weighted by Crippen LogP contribution is 2.29. The van der Waals surface area contributed by atoms with Crippen LogP contribution in [0.5, 0.6) is 0 Å². The molecule has 25 heavy (non-hydrogen) atoms. The summed E-state index contributed by atoms with van der Waals surface area (Å²) >= 11 is 0. The van der Waals surface area contributed by atoms with Gasteiger partial charge in [0.05, 0.1) is 18.3 Å². The minimum absolute atomic E-state index is 0.0558. The number of nitrogens with zero attached hydrogens (tertiary/aromatic N) is 2. The fourth-order valence-corrected chi connectivity index (χ4v) is 2.41. The number of hydrogen-bond donors (Lipinski definition) is 2. The summed E-state index contributed by atoms with van der Waals surface area (Å²) in [6, 6.07) is 4.27. The highest BCUT2D eigenvalue weighted by molar-refractivity contribution is 5.73. The van der Waals surface area contributed by atoms with Crippen molar-refractivity contribution in [2.45, 2.75) is 39.2 Å². The summed E-state index contributed by atoms with van der Waals surface area (Å²) in [6.45, 7) is 4.33.